The quantitative estimate of drug-likeness (QED) is 0.649. The summed E-state index contributed by atoms with van der Waals surface area (Å²) in [5.41, 5.74) is 5.92. The minimum atomic E-state index is -1.42. The summed E-state index contributed by atoms with van der Waals surface area (Å²) >= 11 is 0. The number of carboxylic acid groups (broad SMARTS) is 1. The minimum absolute atomic E-state index is 0.0809. The van der Waals surface area contributed by atoms with Gasteiger partial charge in [0.2, 0.25) is 0 Å². The van der Waals surface area contributed by atoms with E-state index in [1.807, 2.05) is 0 Å². The number of pyridine rings is 1. The van der Waals surface area contributed by atoms with Crippen molar-refractivity contribution in [1.82, 2.24) is 4.98 Å². The zero-order chi connectivity index (χ0) is 9.42. The van der Waals surface area contributed by atoms with E-state index < -0.39 is 5.97 Å². The second-order valence-corrected chi connectivity index (χ2v) is 2.50. The van der Waals surface area contributed by atoms with Crippen LogP contribution in [0.25, 0.3) is 11.0 Å². The molecule has 0 aliphatic heterocycles. The lowest BCUT2D eigenvalue weighted by Gasteiger charge is -1.95. The molecule has 0 aromatic carbocycles. The number of aromatic nitrogens is 1. The van der Waals surface area contributed by atoms with Gasteiger partial charge < -0.3 is 20.1 Å². The Bertz CT molecular complexity index is 475. The monoisotopic (exact) mass is 177 g/mol. The number of carbonyl (C=O) groups is 1. The molecular weight excluding hydrogens is 172 g/mol. The third-order valence-electron chi connectivity index (χ3n) is 1.72. The predicted molar refractivity (Wildman–Crippen MR) is 42.8 cm³/mol. The van der Waals surface area contributed by atoms with Crippen LogP contribution in [0.1, 0.15) is 10.6 Å². The molecule has 2 heterocycles. The Hall–Kier alpha value is -2.04. The number of nitrogens with zero attached hydrogens (tertiary/aromatic N) is 1. The van der Waals surface area contributed by atoms with Crippen molar-refractivity contribution in [2.45, 2.75) is 0 Å². The number of hydrogen-bond acceptors (Lipinski definition) is 5. The maximum absolute atomic E-state index is 10.5. The van der Waals surface area contributed by atoms with Gasteiger partial charge in [0.1, 0.15) is 5.97 Å². The number of carbonyl (C=O) groups excluding carboxylic acids is 1. The number of fused-ring (bicyclic) bond motifs is 1. The molecule has 0 fully saturated rings. The van der Waals surface area contributed by atoms with Crippen molar-refractivity contribution in [1.29, 1.82) is 0 Å². The molecule has 2 rings (SSSR count). The van der Waals surface area contributed by atoms with Crippen LogP contribution >= 0.6 is 0 Å². The maximum atomic E-state index is 10.5. The summed E-state index contributed by atoms with van der Waals surface area (Å²) in [6.07, 6.45) is 2.91. The maximum Gasteiger partial charge on any atom is 0.173 e. The SMILES string of the molecule is Nc1c(C(=O)[O-])oc2cnccc12. The molecule has 13 heavy (non-hydrogen) atoms. The Morgan fingerprint density at radius 2 is 2.38 bits per heavy atom. The van der Waals surface area contributed by atoms with Crippen LogP contribution in [-0.4, -0.2) is 11.0 Å². The van der Waals surface area contributed by atoms with Crippen molar-refractivity contribution in [2.24, 2.45) is 0 Å². The first-order valence-electron chi connectivity index (χ1n) is 3.53. The molecule has 2 aromatic rings. The Morgan fingerprint density at radius 3 is 3.00 bits per heavy atom. The number of furan rings is 1. The summed E-state index contributed by atoms with van der Waals surface area (Å²) in [6, 6.07) is 1.58. The van der Waals surface area contributed by atoms with E-state index in [1.165, 1.54) is 12.4 Å². The van der Waals surface area contributed by atoms with Gasteiger partial charge in [-0.1, -0.05) is 0 Å². The zero-order valence-corrected chi connectivity index (χ0v) is 6.48. The standard InChI is InChI=1S/C8H6N2O3/c9-6-4-1-2-10-3-5(4)13-7(6)8(11)12/h1-3H,9H2,(H,11,12)/p-1. The number of nitrogen functional groups attached to an aromatic ring is 1. The molecule has 2 aromatic heterocycles. The lowest BCUT2D eigenvalue weighted by atomic mass is 10.2. The normalized spacial score (nSPS) is 10.5. The van der Waals surface area contributed by atoms with Crippen LogP contribution < -0.4 is 10.8 Å². The summed E-state index contributed by atoms with van der Waals surface area (Å²) in [5.74, 6) is -1.77. The molecule has 0 saturated carbocycles. The smallest absolute Gasteiger partial charge is 0.173 e. The first-order chi connectivity index (χ1) is 6.20. The average molecular weight is 177 g/mol. The van der Waals surface area contributed by atoms with Crippen LogP contribution in [0.4, 0.5) is 5.69 Å². The fraction of sp³-hybridized carbons (Fsp3) is 0. The molecule has 0 bridgehead atoms. The van der Waals surface area contributed by atoms with Gasteiger partial charge in [-0.25, -0.2) is 0 Å². The van der Waals surface area contributed by atoms with E-state index in [2.05, 4.69) is 4.98 Å². The van der Waals surface area contributed by atoms with Crippen LogP contribution in [0, 0.1) is 0 Å². The van der Waals surface area contributed by atoms with Gasteiger partial charge in [0, 0.05) is 11.6 Å². The summed E-state index contributed by atoms with van der Waals surface area (Å²) in [6.45, 7) is 0. The highest BCUT2D eigenvalue weighted by atomic mass is 16.4. The summed E-state index contributed by atoms with van der Waals surface area (Å²) in [5, 5.41) is 11.0. The molecule has 0 saturated heterocycles. The van der Waals surface area contributed by atoms with E-state index in [0.29, 0.717) is 11.0 Å². The molecule has 0 unspecified atom stereocenters. The van der Waals surface area contributed by atoms with Gasteiger partial charge in [-0.15, -0.1) is 0 Å². The van der Waals surface area contributed by atoms with Gasteiger partial charge in [-0.05, 0) is 6.07 Å². The molecule has 5 nitrogen and oxygen atoms in total. The van der Waals surface area contributed by atoms with Gasteiger partial charge in [0.25, 0.3) is 0 Å². The van der Waals surface area contributed by atoms with Crippen LogP contribution in [0.5, 0.6) is 0 Å². The summed E-state index contributed by atoms with van der Waals surface area (Å²) in [7, 11) is 0. The molecule has 0 amide bonds. The van der Waals surface area contributed by atoms with Gasteiger partial charge in [0.05, 0.1) is 11.9 Å². The Labute approximate surface area is 72.8 Å². The second kappa shape index (κ2) is 2.48. The average Bonchev–Trinajstić information content (AvgIpc) is 2.45. The Morgan fingerprint density at radius 1 is 1.62 bits per heavy atom. The molecule has 0 radical (unpaired) electrons. The van der Waals surface area contributed by atoms with E-state index in [9.17, 15) is 9.90 Å². The molecule has 0 atom stereocenters. The number of aromatic carboxylic acids is 1. The van der Waals surface area contributed by atoms with E-state index in [0.717, 1.165) is 0 Å². The van der Waals surface area contributed by atoms with Crippen molar-refractivity contribution in [3.63, 3.8) is 0 Å². The van der Waals surface area contributed by atoms with E-state index >= 15 is 0 Å². The van der Waals surface area contributed by atoms with E-state index in [1.54, 1.807) is 6.07 Å². The summed E-state index contributed by atoms with van der Waals surface area (Å²) in [4.78, 5) is 14.3. The lowest BCUT2D eigenvalue weighted by molar-refractivity contribution is -0.256. The molecule has 0 aliphatic carbocycles. The highest BCUT2D eigenvalue weighted by Crippen LogP contribution is 2.26. The lowest BCUT2D eigenvalue weighted by Crippen LogP contribution is -2.22. The topological polar surface area (TPSA) is 92.2 Å². The number of carboxylic acids is 1. The predicted octanol–water partition coefficient (Wildman–Crippen LogP) is -0.227. The van der Waals surface area contributed by atoms with Crippen LogP contribution in [0.3, 0.4) is 0 Å². The number of hydrogen-bond donors (Lipinski definition) is 1. The van der Waals surface area contributed by atoms with Gasteiger partial charge >= 0.3 is 0 Å². The zero-order valence-electron chi connectivity index (χ0n) is 6.48. The van der Waals surface area contributed by atoms with Crippen molar-refractivity contribution >= 4 is 22.6 Å². The van der Waals surface area contributed by atoms with Crippen molar-refractivity contribution in [3.8, 4) is 0 Å². The minimum Gasteiger partial charge on any atom is -0.541 e. The molecule has 0 spiro atoms. The molecule has 0 aliphatic rings. The van der Waals surface area contributed by atoms with E-state index in [4.69, 9.17) is 10.2 Å². The second-order valence-electron chi connectivity index (χ2n) is 2.50. The molecule has 2 N–H and O–H groups in total. The first kappa shape index (κ1) is 7.60. The largest absolute Gasteiger partial charge is 0.541 e. The highest BCUT2D eigenvalue weighted by molar-refractivity contribution is 6.01. The highest BCUT2D eigenvalue weighted by Gasteiger charge is 2.10. The summed E-state index contributed by atoms with van der Waals surface area (Å²) < 4.78 is 4.91. The number of anilines is 1. The fourth-order valence-corrected chi connectivity index (χ4v) is 1.12. The van der Waals surface area contributed by atoms with Crippen LogP contribution in [-0.2, 0) is 0 Å². The first-order valence-corrected chi connectivity index (χ1v) is 3.53. The number of rotatable bonds is 1. The fourth-order valence-electron chi connectivity index (χ4n) is 1.12. The van der Waals surface area contributed by atoms with Crippen molar-refractivity contribution in [2.75, 3.05) is 5.73 Å². The van der Waals surface area contributed by atoms with Gasteiger partial charge in [0.15, 0.2) is 11.3 Å². The van der Waals surface area contributed by atoms with Gasteiger partial charge in [-0.3, -0.25) is 4.98 Å². The van der Waals surface area contributed by atoms with Crippen molar-refractivity contribution < 1.29 is 14.3 Å². The Kier molecular flexibility index (Phi) is 1.45. The van der Waals surface area contributed by atoms with Gasteiger partial charge in [-0.2, -0.15) is 0 Å². The molecule has 5 heteroatoms. The van der Waals surface area contributed by atoms with Crippen molar-refractivity contribution in [3.05, 3.63) is 24.2 Å². The van der Waals surface area contributed by atoms with Crippen LogP contribution in [0.2, 0.25) is 0 Å². The Balaban J connectivity index is 2.81. The third kappa shape index (κ3) is 1.01. The van der Waals surface area contributed by atoms with E-state index in [-0.39, 0.29) is 11.4 Å². The molecule has 66 valence electrons. The molecular formula is C8H5N2O3-. The van der Waals surface area contributed by atoms with Crippen LogP contribution in [0.15, 0.2) is 22.9 Å². The third-order valence-corrected chi connectivity index (χ3v) is 1.72. The number of nitrogens with two attached hydrogens (primary N) is 1.